The molecule has 1 aromatic carbocycles. The van der Waals surface area contributed by atoms with Crippen LogP contribution in [0.3, 0.4) is 0 Å². The minimum absolute atomic E-state index is 0.0167. The van der Waals surface area contributed by atoms with E-state index >= 15 is 0 Å². The van der Waals surface area contributed by atoms with Crippen LogP contribution in [0, 0.1) is 5.92 Å². The van der Waals surface area contributed by atoms with Gasteiger partial charge in [0.1, 0.15) is 0 Å². The van der Waals surface area contributed by atoms with Crippen molar-refractivity contribution in [3.05, 3.63) is 42.5 Å². The van der Waals surface area contributed by atoms with Gasteiger partial charge in [-0.2, -0.15) is 0 Å². The fourth-order valence-corrected chi connectivity index (χ4v) is 2.46. The van der Waals surface area contributed by atoms with Crippen LogP contribution in [0.4, 0.5) is 10.5 Å². The predicted molar refractivity (Wildman–Crippen MR) is 63.2 cm³/mol. The first-order valence-electron chi connectivity index (χ1n) is 5.64. The Morgan fingerprint density at radius 2 is 2.06 bits per heavy atom. The van der Waals surface area contributed by atoms with Crippen molar-refractivity contribution in [3.8, 4) is 0 Å². The van der Waals surface area contributed by atoms with Gasteiger partial charge in [-0.15, -0.1) is 0 Å². The highest BCUT2D eigenvalue weighted by molar-refractivity contribution is 5.90. The molecule has 2 bridgehead atoms. The Hall–Kier alpha value is -1.77. The van der Waals surface area contributed by atoms with E-state index in [4.69, 9.17) is 0 Å². The quantitative estimate of drug-likeness (QED) is 0.716. The molecule has 1 saturated heterocycles. The second-order valence-corrected chi connectivity index (χ2v) is 4.40. The molecule has 1 aromatic rings. The standard InChI is InChI=1S/C13H14N2O/c16-13(14-11-4-2-1-3-5-11)15-9-10-6-7-12(15)8-10/h1-7,10,12H,8-9H2,(H,14,16). The third-order valence-electron chi connectivity index (χ3n) is 3.27. The zero-order valence-electron chi connectivity index (χ0n) is 8.97. The molecule has 3 rings (SSSR count). The Bertz CT molecular complexity index is 427. The van der Waals surface area contributed by atoms with Crippen LogP contribution >= 0.6 is 0 Å². The summed E-state index contributed by atoms with van der Waals surface area (Å²) >= 11 is 0. The molecule has 2 amide bonds. The maximum Gasteiger partial charge on any atom is 0.322 e. The Labute approximate surface area is 94.8 Å². The molecule has 1 aliphatic heterocycles. The van der Waals surface area contributed by atoms with Gasteiger partial charge in [0.05, 0.1) is 6.04 Å². The van der Waals surface area contributed by atoms with E-state index < -0.39 is 0 Å². The molecular weight excluding hydrogens is 200 g/mol. The van der Waals surface area contributed by atoms with E-state index in [2.05, 4.69) is 17.5 Å². The molecule has 3 nitrogen and oxygen atoms in total. The monoisotopic (exact) mass is 214 g/mol. The van der Waals surface area contributed by atoms with Gasteiger partial charge in [-0.1, -0.05) is 30.4 Å². The SMILES string of the molecule is O=C(Nc1ccccc1)N1CC2C=CC1C2. The summed E-state index contributed by atoms with van der Waals surface area (Å²) in [5.41, 5.74) is 0.860. The molecule has 2 aliphatic rings. The lowest BCUT2D eigenvalue weighted by Gasteiger charge is -2.24. The Kier molecular flexibility index (Phi) is 2.17. The van der Waals surface area contributed by atoms with Gasteiger partial charge < -0.3 is 10.2 Å². The number of anilines is 1. The Balaban J connectivity index is 1.69. The summed E-state index contributed by atoms with van der Waals surface area (Å²) in [5, 5.41) is 2.92. The third kappa shape index (κ3) is 1.58. The van der Waals surface area contributed by atoms with Crippen LogP contribution in [0.2, 0.25) is 0 Å². The molecule has 0 spiro atoms. The molecule has 3 heteroatoms. The van der Waals surface area contributed by atoms with Crippen molar-refractivity contribution in [1.29, 1.82) is 0 Å². The number of carbonyl (C=O) groups excluding carboxylic acids is 1. The Morgan fingerprint density at radius 1 is 1.25 bits per heavy atom. The second kappa shape index (κ2) is 3.67. The molecular formula is C13H14N2O. The molecule has 0 radical (unpaired) electrons. The van der Waals surface area contributed by atoms with Crippen molar-refractivity contribution in [2.75, 3.05) is 11.9 Å². The van der Waals surface area contributed by atoms with E-state index in [9.17, 15) is 4.79 Å². The number of hydrogen-bond acceptors (Lipinski definition) is 1. The average molecular weight is 214 g/mol. The van der Waals surface area contributed by atoms with Gasteiger partial charge in [0.25, 0.3) is 0 Å². The highest BCUT2D eigenvalue weighted by atomic mass is 16.2. The lowest BCUT2D eigenvalue weighted by atomic mass is 10.2. The van der Waals surface area contributed by atoms with Gasteiger partial charge >= 0.3 is 6.03 Å². The first-order chi connectivity index (χ1) is 7.83. The average Bonchev–Trinajstić information content (AvgIpc) is 2.92. The van der Waals surface area contributed by atoms with Crippen LogP contribution in [0.15, 0.2) is 42.5 Å². The van der Waals surface area contributed by atoms with Gasteiger partial charge in [0.15, 0.2) is 0 Å². The highest BCUT2D eigenvalue weighted by Crippen LogP contribution is 2.31. The minimum Gasteiger partial charge on any atom is -0.317 e. The molecule has 1 aliphatic carbocycles. The number of amides is 2. The number of likely N-dealkylation sites (tertiary alicyclic amines) is 1. The maximum absolute atomic E-state index is 12.0. The van der Waals surface area contributed by atoms with Crippen molar-refractivity contribution < 1.29 is 4.79 Å². The minimum atomic E-state index is 0.0167. The van der Waals surface area contributed by atoms with E-state index in [1.165, 1.54) is 0 Å². The fraction of sp³-hybridized carbons (Fsp3) is 0.308. The molecule has 82 valence electrons. The van der Waals surface area contributed by atoms with E-state index in [-0.39, 0.29) is 6.03 Å². The van der Waals surface area contributed by atoms with Gasteiger partial charge in [0, 0.05) is 12.2 Å². The van der Waals surface area contributed by atoms with Crippen LogP contribution < -0.4 is 5.32 Å². The molecule has 1 fully saturated rings. The van der Waals surface area contributed by atoms with Crippen molar-refractivity contribution in [2.24, 2.45) is 5.92 Å². The van der Waals surface area contributed by atoms with Gasteiger partial charge in [-0.3, -0.25) is 0 Å². The number of fused-ring (bicyclic) bond motifs is 2. The number of nitrogens with zero attached hydrogens (tertiary/aromatic N) is 1. The maximum atomic E-state index is 12.0. The van der Waals surface area contributed by atoms with Gasteiger partial charge in [0.2, 0.25) is 0 Å². The lowest BCUT2D eigenvalue weighted by molar-refractivity contribution is 0.212. The van der Waals surface area contributed by atoms with Crippen LogP contribution in [0.1, 0.15) is 6.42 Å². The summed E-state index contributed by atoms with van der Waals surface area (Å²) in [6.07, 6.45) is 5.46. The summed E-state index contributed by atoms with van der Waals surface area (Å²) in [6.45, 7) is 0.861. The largest absolute Gasteiger partial charge is 0.322 e. The number of benzene rings is 1. The third-order valence-corrected chi connectivity index (χ3v) is 3.27. The zero-order valence-corrected chi connectivity index (χ0v) is 8.97. The van der Waals surface area contributed by atoms with E-state index in [0.29, 0.717) is 12.0 Å². The van der Waals surface area contributed by atoms with Gasteiger partial charge in [-0.05, 0) is 24.5 Å². The topological polar surface area (TPSA) is 32.3 Å². The number of hydrogen-bond donors (Lipinski definition) is 1. The highest BCUT2D eigenvalue weighted by Gasteiger charge is 2.36. The summed E-state index contributed by atoms with van der Waals surface area (Å²) in [4.78, 5) is 13.9. The number of urea groups is 1. The lowest BCUT2D eigenvalue weighted by Crippen LogP contribution is -2.39. The number of para-hydroxylation sites is 1. The molecule has 1 heterocycles. The Morgan fingerprint density at radius 3 is 2.69 bits per heavy atom. The van der Waals surface area contributed by atoms with Crippen LogP contribution in [-0.4, -0.2) is 23.5 Å². The van der Waals surface area contributed by atoms with Crippen LogP contribution in [0.25, 0.3) is 0 Å². The summed E-state index contributed by atoms with van der Waals surface area (Å²) in [6, 6.07) is 9.93. The number of nitrogens with one attached hydrogen (secondary N) is 1. The van der Waals surface area contributed by atoms with Crippen molar-refractivity contribution in [3.63, 3.8) is 0 Å². The number of carbonyl (C=O) groups is 1. The van der Waals surface area contributed by atoms with Crippen molar-refractivity contribution in [1.82, 2.24) is 4.90 Å². The van der Waals surface area contributed by atoms with E-state index in [1.54, 1.807) is 0 Å². The first kappa shape index (κ1) is 9.46. The fourth-order valence-electron chi connectivity index (χ4n) is 2.46. The summed E-state index contributed by atoms with van der Waals surface area (Å²) in [7, 11) is 0. The predicted octanol–water partition coefficient (Wildman–Crippen LogP) is 2.48. The van der Waals surface area contributed by atoms with Crippen LogP contribution in [0.5, 0.6) is 0 Å². The molecule has 2 unspecified atom stereocenters. The van der Waals surface area contributed by atoms with E-state index in [0.717, 1.165) is 18.7 Å². The van der Waals surface area contributed by atoms with E-state index in [1.807, 2.05) is 35.2 Å². The smallest absolute Gasteiger partial charge is 0.317 e. The molecule has 1 N–H and O–H groups in total. The van der Waals surface area contributed by atoms with Crippen molar-refractivity contribution >= 4 is 11.7 Å². The van der Waals surface area contributed by atoms with Gasteiger partial charge in [-0.25, -0.2) is 4.79 Å². The second-order valence-electron chi connectivity index (χ2n) is 4.40. The first-order valence-corrected chi connectivity index (χ1v) is 5.64. The molecule has 0 saturated carbocycles. The molecule has 16 heavy (non-hydrogen) atoms. The van der Waals surface area contributed by atoms with Crippen LogP contribution in [-0.2, 0) is 0 Å². The number of rotatable bonds is 1. The zero-order chi connectivity index (χ0) is 11.0. The summed E-state index contributed by atoms with van der Waals surface area (Å²) < 4.78 is 0. The molecule has 0 aromatic heterocycles. The normalized spacial score (nSPS) is 26.1. The molecule has 2 atom stereocenters. The van der Waals surface area contributed by atoms with Crippen molar-refractivity contribution in [2.45, 2.75) is 12.5 Å². The summed E-state index contributed by atoms with van der Waals surface area (Å²) in [5.74, 6) is 0.575.